The molecule has 0 saturated carbocycles. The standard InChI is InChI=1S/C22H26F2N2O3S/c1-16(7-8-17-5-3-2-4-6-17)25-22(27)18-11-13-26(14-12-18)30(28,29)21-15-19(23)9-10-20(21)24/h2-6,9-10,15-16,18H,7-8,11-14H2,1H3,(H,25,27)/t16-/m1/s1. The predicted octanol–water partition coefficient (Wildman–Crippen LogP) is 3.50. The number of nitrogens with one attached hydrogen (secondary N) is 1. The van der Waals surface area contributed by atoms with Crippen LogP contribution in [0.1, 0.15) is 31.7 Å². The molecule has 1 saturated heterocycles. The van der Waals surface area contributed by atoms with Crippen molar-refractivity contribution in [2.45, 2.75) is 43.5 Å². The van der Waals surface area contributed by atoms with Crippen LogP contribution < -0.4 is 5.32 Å². The third-order valence-corrected chi connectivity index (χ3v) is 7.35. The fourth-order valence-corrected chi connectivity index (χ4v) is 5.18. The summed E-state index contributed by atoms with van der Waals surface area (Å²) in [6.45, 7) is 2.14. The van der Waals surface area contributed by atoms with E-state index in [4.69, 9.17) is 0 Å². The molecule has 2 aromatic rings. The number of halogens is 2. The number of rotatable bonds is 7. The highest BCUT2D eigenvalue weighted by Gasteiger charge is 2.34. The van der Waals surface area contributed by atoms with Gasteiger partial charge in [0.1, 0.15) is 16.5 Å². The first-order valence-corrected chi connectivity index (χ1v) is 11.5. The topological polar surface area (TPSA) is 66.5 Å². The summed E-state index contributed by atoms with van der Waals surface area (Å²) < 4.78 is 53.8. The Balaban J connectivity index is 1.52. The summed E-state index contributed by atoms with van der Waals surface area (Å²) in [4.78, 5) is 11.9. The van der Waals surface area contributed by atoms with Crippen molar-refractivity contribution in [3.8, 4) is 0 Å². The van der Waals surface area contributed by atoms with E-state index in [0.29, 0.717) is 18.9 Å². The van der Waals surface area contributed by atoms with E-state index in [1.807, 2.05) is 37.3 Å². The van der Waals surface area contributed by atoms with E-state index in [0.717, 1.165) is 29.3 Å². The highest BCUT2D eigenvalue weighted by Crippen LogP contribution is 2.26. The van der Waals surface area contributed by atoms with E-state index < -0.39 is 26.6 Å². The molecule has 3 rings (SSSR count). The monoisotopic (exact) mass is 436 g/mol. The molecule has 0 radical (unpaired) electrons. The first-order valence-electron chi connectivity index (χ1n) is 10.1. The van der Waals surface area contributed by atoms with Gasteiger partial charge >= 0.3 is 0 Å². The predicted molar refractivity (Wildman–Crippen MR) is 110 cm³/mol. The summed E-state index contributed by atoms with van der Waals surface area (Å²) in [5.74, 6) is -2.19. The molecular weight excluding hydrogens is 410 g/mol. The van der Waals surface area contributed by atoms with Crippen molar-refractivity contribution in [2.24, 2.45) is 5.92 Å². The first kappa shape index (κ1) is 22.4. The van der Waals surface area contributed by atoms with E-state index >= 15 is 0 Å². The Morgan fingerprint density at radius 1 is 1.13 bits per heavy atom. The molecule has 1 amide bonds. The van der Waals surface area contributed by atoms with E-state index in [2.05, 4.69) is 5.32 Å². The number of nitrogens with zero attached hydrogens (tertiary/aromatic N) is 1. The van der Waals surface area contributed by atoms with Crippen LogP contribution in [0.15, 0.2) is 53.4 Å². The lowest BCUT2D eigenvalue weighted by Gasteiger charge is -2.31. The Morgan fingerprint density at radius 3 is 2.47 bits per heavy atom. The van der Waals surface area contributed by atoms with E-state index in [1.54, 1.807) is 0 Å². The van der Waals surface area contributed by atoms with Gasteiger partial charge in [0.25, 0.3) is 0 Å². The second kappa shape index (κ2) is 9.66. The number of sulfonamides is 1. The molecule has 30 heavy (non-hydrogen) atoms. The van der Waals surface area contributed by atoms with Gasteiger partial charge in [0.15, 0.2) is 0 Å². The molecule has 0 unspecified atom stereocenters. The molecule has 0 bridgehead atoms. The summed E-state index contributed by atoms with van der Waals surface area (Å²) >= 11 is 0. The molecule has 5 nitrogen and oxygen atoms in total. The summed E-state index contributed by atoms with van der Waals surface area (Å²) in [6.07, 6.45) is 2.35. The molecule has 0 aromatic heterocycles. The number of hydrogen-bond donors (Lipinski definition) is 1. The van der Waals surface area contributed by atoms with Crippen LogP contribution in [0, 0.1) is 17.6 Å². The number of carbonyl (C=O) groups excluding carboxylic acids is 1. The van der Waals surface area contributed by atoms with Crippen molar-refractivity contribution >= 4 is 15.9 Å². The minimum atomic E-state index is -4.14. The van der Waals surface area contributed by atoms with Gasteiger partial charge in [-0.1, -0.05) is 30.3 Å². The van der Waals surface area contributed by atoms with Crippen LogP contribution in [0.25, 0.3) is 0 Å². The van der Waals surface area contributed by atoms with Crippen LogP contribution in [0.3, 0.4) is 0 Å². The zero-order chi connectivity index (χ0) is 21.7. The molecular formula is C22H26F2N2O3S. The summed E-state index contributed by atoms with van der Waals surface area (Å²) in [5.41, 5.74) is 1.21. The lowest BCUT2D eigenvalue weighted by molar-refractivity contribution is -0.126. The molecule has 1 N–H and O–H groups in total. The molecule has 1 atom stereocenters. The molecule has 0 aliphatic carbocycles. The van der Waals surface area contributed by atoms with Gasteiger partial charge in [-0.25, -0.2) is 17.2 Å². The van der Waals surface area contributed by atoms with Crippen molar-refractivity contribution in [2.75, 3.05) is 13.1 Å². The minimum Gasteiger partial charge on any atom is -0.353 e. The Labute approximate surface area is 176 Å². The zero-order valence-corrected chi connectivity index (χ0v) is 17.7. The lowest BCUT2D eigenvalue weighted by Crippen LogP contribution is -2.45. The van der Waals surface area contributed by atoms with Crippen LogP contribution >= 0.6 is 0 Å². The largest absolute Gasteiger partial charge is 0.353 e. The van der Waals surface area contributed by atoms with Gasteiger partial charge in [-0.15, -0.1) is 0 Å². The summed E-state index contributed by atoms with van der Waals surface area (Å²) in [7, 11) is -4.14. The highest BCUT2D eigenvalue weighted by molar-refractivity contribution is 7.89. The Morgan fingerprint density at radius 2 is 1.80 bits per heavy atom. The van der Waals surface area contributed by atoms with Gasteiger partial charge in [-0.05, 0) is 56.4 Å². The SMILES string of the molecule is C[C@H](CCc1ccccc1)NC(=O)C1CCN(S(=O)(=O)c2cc(F)ccc2F)CC1. The number of piperidine rings is 1. The van der Waals surface area contributed by atoms with Crippen molar-refractivity contribution in [1.29, 1.82) is 0 Å². The Bertz CT molecular complexity index is 975. The number of benzene rings is 2. The Kier molecular flexibility index (Phi) is 7.20. The summed E-state index contributed by atoms with van der Waals surface area (Å²) in [6, 6.07) is 12.4. The number of aryl methyl sites for hydroxylation is 1. The van der Waals surface area contributed by atoms with Gasteiger partial charge in [0, 0.05) is 25.0 Å². The normalized spacial score (nSPS) is 16.9. The third kappa shape index (κ3) is 5.43. The number of carbonyl (C=O) groups is 1. The lowest BCUT2D eigenvalue weighted by atomic mass is 9.96. The molecule has 1 fully saturated rings. The van der Waals surface area contributed by atoms with Crippen LogP contribution in [0.2, 0.25) is 0 Å². The van der Waals surface area contributed by atoms with Gasteiger partial charge < -0.3 is 5.32 Å². The van der Waals surface area contributed by atoms with Crippen molar-refractivity contribution in [1.82, 2.24) is 9.62 Å². The molecule has 1 aliphatic heterocycles. The fourth-order valence-electron chi connectivity index (χ4n) is 3.63. The van der Waals surface area contributed by atoms with Crippen LogP contribution in [0.4, 0.5) is 8.78 Å². The maximum absolute atomic E-state index is 13.9. The minimum absolute atomic E-state index is 0.000795. The van der Waals surface area contributed by atoms with E-state index in [-0.39, 0.29) is 31.0 Å². The molecule has 1 heterocycles. The molecule has 8 heteroatoms. The highest BCUT2D eigenvalue weighted by atomic mass is 32.2. The third-order valence-electron chi connectivity index (χ3n) is 5.43. The fraction of sp³-hybridized carbons (Fsp3) is 0.409. The van der Waals surface area contributed by atoms with Gasteiger partial charge in [0.2, 0.25) is 15.9 Å². The molecule has 162 valence electrons. The van der Waals surface area contributed by atoms with Crippen molar-refractivity contribution in [3.63, 3.8) is 0 Å². The van der Waals surface area contributed by atoms with Crippen molar-refractivity contribution < 1.29 is 22.0 Å². The van der Waals surface area contributed by atoms with E-state index in [9.17, 15) is 22.0 Å². The quantitative estimate of drug-likeness (QED) is 0.723. The smallest absolute Gasteiger partial charge is 0.246 e. The molecule has 0 spiro atoms. The summed E-state index contributed by atoms with van der Waals surface area (Å²) in [5, 5.41) is 3.01. The van der Waals surface area contributed by atoms with Gasteiger partial charge in [-0.3, -0.25) is 4.79 Å². The van der Waals surface area contributed by atoms with Crippen LogP contribution in [-0.2, 0) is 21.2 Å². The average Bonchev–Trinajstić information content (AvgIpc) is 2.74. The average molecular weight is 437 g/mol. The number of amides is 1. The Hall–Kier alpha value is -2.32. The first-order chi connectivity index (χ1) is 14.3. The second-order valence-corrected chi connectivity index (χ2v) is 9.59. The van der Waals surface area contributed by atoms with Crippen molar-refractivity contribution in [3.05, 3.63) is 65.7 Å². The van der Waals surface area contributed by atoms with Gasteiger partial charge in [-0.2, -0.15) is 4.31 Å². The van der Waals surface area contributed by atoms with Gasteiger partial charge in [0.05, 0.1) is 0 Å². The second-order valence-electron chi connectivity index (χ2n) is 7.69. The zero-order valence-electron chi connectivity index (χ0n) is 16.9. The maximum atomic E-state index is 13.9. The molecule has 1 aliphatic rings. The number of hydrogen-bond acceptors (Lipinski definition) is 3. The van der Waals surface area contributed by atoms with E-state index in [1.165, 1.54) is 5.56 Å². The maximum Gasteiger partial charge on any atom is 0.246 e. The van der Waals surface area contributed by atoms with Crippen LogP contribution in [0.5, 0.6) is 0 Å². The molecule has 2 aromatic carbocycles. The van der Waals surface area contributed by atoms with Crippen LogP contribution in [-0.4, -0.2) is 37.8 Å².